The second-order valence-corrected chi connectivity index (χ2v) is 2.21. The van der Waals surface area contributed by atoms with E-state index in [-0.39, 0.29) is 19.3 Å². The summed E-state index contributed by atoms with van der Waals surface area (Å²) in [4.78, 5) is 21.4. The zero-order valence-corrected chi connectivity index (χ0v) is 8.51. The SMILES string of the molecule is CC[C@H](NC(=O)OC)C(C)=O.S. The van der Waals surface area contributed by atoms with Crippen LogP contribution in [0.5, 0.6) is 0 Å². The van der Waals surface area contributed by atoms with E-state index in [1.165, 1.54) is 14.0 Å². The number of alkyl carbamates (subject to hydrolysis) is 1. The molecule has 0 aliphatic heterocycles. The number of hydrogen-bond donors (Lipinski definition) is 1. The average molecular weight is 193 g/mol. The van der Waals surface area contributed by atoms with Crippen molar-refractivity contribution in [3.63, 3.8) is 0 Å². The van der Waals surface area contributed by atoms with Gasteiger partial charge < -0.3 is 10.1 Å². The number of carbonyl (C=O) groups is 2. The highest BCUT2D eigenvalue weighted by atomic mass is 32.1. The molecule has 0 aliphatic rings. The second kappa shape index (κ2) is 6.97. The van der Waals surface area contributed by atoms with Crippen LogP contribution >= 0.6 is 13.5 Å². The summed E-state index contributed by atoms with van der Waals surface area (Å²) in [7, 11) is 1.27. The van der Waals surface area contributed by atoms with Crippen LogP contribution in [-0.4, -0.2) is 25.0 Å². The van der Waals surface area contributed by atoms with Crippen LogP contribution in [0.15, 0.2) is 0 Å². The second-order valence-electron chi connectivity index (χ2n) is 2.21. The Morgan fingerprint density at radius 2 is 2.00 bits per heavy atom. The van der Waals surface area contributed by atoms with Gasteiger partial charge in [-0.1, -0.05) is 6.92 Å². The summed E-state index contributed by atoms with van der Waals surface area (Å²) in [6.45, 7) is 3.26. The van der Waals surface area contributed by atoms with E-state index in [1.807, 2.05) is 6.92 Å². The number of hydrogen-bond acceptors (Lipinski definition) is 3. The first kappa shape index (κ1) is 13.9. The Bertz CT molecular complexity index is 161. The van der Waals surface area contributed by atoms with E-state index in [9.17, 15) is 9.59 Å². The first-order valence-electron chi connectivity index (χ1n) is 3.46. The van der Waals surface area contributed by atoms with E-state index in [4.69, 9.17) is 0 Å². The molecule has 0 saturated carbocycles. The van der Waals surface area contributed by atoms with Crippen LogP contribution in [0.1, 0.15) is 20.3 Å². The molecule has 0 spiro atoms. The fraction of sp³-hybridized carbons (Fsp3) is 0.714. The summed E-state index contributed by atoms with van der Waals surface area (Å²) in [5.41, 5.74) is 0. The zero-order chi connectivity index (χ0) is 8.85. The van der Waals surface area contributed by atoms with Crippen molar-refractivity contribution in [2.45, 2.75) is 26.3 Å². The number of ketones is 1. The highest BCUT2D eigenvalue weighted by molar-refractivity contribution is 7.59. The van der Waals surface area contributed by atoms with Gasteiger partial charge in [0.25, 0.3) is 0 Å². The average Bonchev–Trinajstić information content (AvgIpc) is 1.99. The van der Waals surface area contributed by atoms with Crippen LogP contribution < -0.4 is 5.32 Å². The quantitative estimate of drug-likeness (QED) is 0.722. The third-order valence-electron chi connectivity index (χ3n) is 1.38. The van der Waals surface area contributed by atoms with E-state index in [0.717, 1.165) is 0 Å². The number of carbonyl (C=O) groups excluding carboxylic acids is 2. The Morgan fingerprint density at radius 1 is 1.50 bits per heavy atom. The predicted octanol–water partition coefficient (Wildman–Crippen LogP) is 0.823. The Kier molecular flexibility index (Phi) is 8.04. The predicted molar refractivity (Wildman–Crippen MR) is 50.7 cm³/mol. The molecule has 0 heterocycles. The Morgan fingerprint density at radius 3 is 2.25 bits per heavy atom. The summed E-state index contributed by atoms with van der Waals surface area (Å²) in [6, 6.07) is -0.414. The molecule has 1 amide bonds. The number of amides is 1. The maximum atomic E-state index is 10.8. The molecular formula is C7H15NO3S. The van der Waals surface area contributed by atoms with Gasteiger partial charge in [-0.2, -0.15) is 13.5 Å². The molecule has 0 unspecified atom stereocenters. The van der Waals surface area contributed by atoms with Gasteiger partial charge in [-0.15, -0.1) is 0 Å². The minimum Gasteiger partial charge on any atom is -0.453 e. The number of Topliss-reactive ketones (excluding diaryl/α,β-unsaturated/α-hetero) is 1. The first-order valence-corrected chi connectivity index (χ1v) is 3.46. The van der Waals surface area contributed by atoms with E-state index < -0.39 is 12.1 Å². The number of rotatable bonds is 3. The van der Waals surface area contributed by atoms with Crippen LogP contribution in [-0.2, 0) is 9.53 Å². The minimum atomic E-state index is -0.563. The van der Waals surface area contributed by atoms with E-state index in [2.05, 4.69) is 10.1 Å². The molecule has 0 radical (unpaired) electrons. The van der Waals surface area contributed by atoms with Crippen molar-refractivity contribution >= 4 is 25.4 Å². The van der Waals surface area contributed by atoms with Gasteiger partial charge in [0.1, 0.15) is 0 Å². The van der Waals surface area contributed by atoms with Crippen LogP contribution in [0, 0.1) is 0 Å². The monoisotopic (exact) mass is 193 g/mol. The molecule has 0 bridgehead atoms. The van der Waals surface area contributed by atoms with Crippen LogP contribution in [0.4, 0.5) is 4.79 Å². The fourth-order valence-corrected chi connectivity index (χ4v) is 0.692. The molecule has 0 aromatic heterocycles. The Balaban J connectivity index is 0. The zero-order valence-electron chi connectivity index (χ0n) is 7.51. The molecule has 0 saturated heterocycles. The van der Waals surface area contributed by atoms with Crippen molar-refractivity contribution in [2.24, 2.45) is 0 Å². The van der Waals surface area contributed by atoms with Crippen molar-refractivity contribution < 1.29 is 14.3 Å². The normalized spacial score (nSPS) is 10.9. The molecular weight excluding hydrogens is 178 g/mol. The van der Waals surface area contributed by atoms with E-state index in [0.29, 0.717) is 6.42 Å². The topological polar surface area (TPSA) is 55.4 Å². The molecule has 72 valence electrons. The van der Waals surface area contributed by atoms with Crippen molar-refractivity contribution in [3.8, 4) is 0 Å². The Hall–Kier alpha value is -0.710. The lowest BCUT2D eigenvalue weighted by Crippen LogP contribution is -2.39. The summed E-state index contributed by atoms with van der Waals surface area (Å²) in [5.74, 6) is -0.0575. The number of ether oxygens (including phenoxy) is 1. The maximum Gasteiger partial charge on any atom is 0.407 e. The molecule has 5 heteroatoms. The van der Waals surface area contributed by atoms with Gasteiger partial charge in [0.15, 0.2) is 5.78 Å². The fourth-order valence-electron chi connectivity index (χ4n) is 0.692. The first-order chi connectivity index (χ1) is 5.11. The number of methoxy groups -OCH3 is 1. The maximum absolute atomic E-state index is 10.8. The van der Waals surface area contributed by atoms with Gasteiger partial charge >= 0.3 is 6.09 Å². The van der Waals surface area contributed by atoms with Crippen molar-refractivity contribution in [1.29, 1.82) is 0 Å². The lowest BCUT2D eigenvalue weighted by Gasteiger charge is -2.11. The van der Waals surface area contributed by atoms with Gasteiger partial charge in [0, 0.05) is 0 Å². The number of nitrogens with one attached hydrogen (secondary N) is 1. The standard InChI is InChI=1S/C7H13NO3.H2S/c1-4-6(5(2)9)8-7(10)11-3;/h6H,4H2,1-3H3,(H,8,10);1H2/t6-;/m0./s1. The Labute approximate surface area is 79.1 Å². The van der Waals surface area contributed by atoms with E-state index >= 15 is 0 Å². The van der Waals surface area contributed by atoms with Gasteiger partial charge in [0.05, 0.1) is 13.2 Å². The van der Waals surface area contributed by atoms with Gasteiger partial charge in [0.2, 0.25) is 0 Å². The van der Waals surface area contributed by atoms with Crippen LogP contribution in [0.3, 0.4) is 0 Å². The van der Waals surface area contributed by atoms with Gasteiger partial charge in [-0.25, -0.2) is 4.79 Å². The lowest BCUT2D eigenvalue weighted by atomic mass is 10.1. The van der Waals surface area contributed by atoms with E-state index in [1.54, 1.807) is 0 Å². The smallest absolute Gasteiger partial charge is 0.407 e. The van der Waals surface area contributed by atoms with Gasteiger partial charge in [-0.3, -0.25) is 4.79 Å². The van der Waals surface area contributed by atoms with Crippen molar-refractivity contribution in [2.75, 3.05) is 7.11 Å². The molecule has 0 rings (SSSR count). The highest BCUT2D eigenvalue weighted by Gasteiger charge is 2.13. The lowest BCUT2D eigenvalue weighted by molar-refractivity contribution is -0.118. The van der Waals surface area contributed by atoms with Crippen molar-refractivity contribution in [1.82, 2.24) is 5.32 Å². The third-order valence-corrected chi connectivity index (χ3v) is 1.38. The molecule has 0 aromatic carbocycles. The largest absolute Gasteiger partial charge is 0.453 e. The molecule has 1 N–H and O–H groups in total. The molecule has 4 nitrogen and oxygen atoms in total. The highest BCUT2D eigenvalue weighted by Crippen LogP contribution is 1.92. The molecule has 12 heavy (non-hydrogen) atoms. The molecule has 0 aliphatic carbocycles. The van der Waals surface area contributed by atoms with Crippen LogP contribution in [0.2, 0.25) is 0 Å². The third kappa shape index (κ3) is 5.01. The van der Waals surface area contributed by atoms with Crippen molar-refractivity contribution in [3.05, 3.63) is 0 Å². The summed E-state index contributed by atoms with van der Waals surface area (Å²) in [6.07, 6.45) is 0.0248. The summed E-state index contributed by atoms with van der Waals surface area (Å²) >= 11 is 0. The minimum absolute atomic E-state index is 0. The summed E-state index contributed by atoms with van der Waals surface area (Å²) in [5, 5.41) is 2.41. The van der Waals surface area contributed by atoms with Crippen LogP contribution in [0.25, 0.3) is 0 Å². The summed E-state index contributed by atoms with van der Waals surface area (Å²) < 4.78 is 4.33. The molecule has 0 aromatic rings. The molecule has 0 fully saturated rings. The van der Waals surface area contributed by atoms with Gasteiger partial charge in [-0.05, 0) is 13.3 Å². The molecule has 1 atom stereocenters.